The topological polar surface area (TPSA) is 136 Å². The number of benzene rings is 1. The molecule has 2 aromatic heterocycles. The molecule has 2 heterocycles. The predicted molar refractivity (Wildman–Crippen MR) is 96.6 cm³/mol. The van der Waals surface area contributed by atoms with Gasteiger partial charge < -0.3 is 24.8 Å². The van der Waals surface area contributed by atoms with Gasteiger partial charge >= 0.3 is 7.60 Å². The summed E-state index contributed by atoms with van der Waals surface area (Å²) in [5.74, 6) is -0.258. The summed E-state index contributed by atoms with van der Waals surface area (Å²) in [7, 11) is -4.23. The van der Waals surface area contributed by atoms with Crippen LogP contribution in [0.25, 0.3) is 11.2 Å². The average molecular weight is 395 g/mol. The first-order chi connectivity index (χ1) is 12.8. The number of rotatable bonds is 8. The van der Waals surface area contributed by atoms with Gasteiger partial charge in [0.25, 0.3) is 0 Å². The van der Waals surface area contributed by atoms with E-state index in [2.05, 4.69) is 15.0 Å². The van der Waals surface area contributed by atoms with Gasteiger partial charge in [0.05, 0.1) is 19.1 Å². The molecule has 0 radical (unpaired) electrons. The molecule has 27 heavy (non-hydrogen) atoms. The van der Waals surface area contributed by atoms with E-state index in [0.29, 0.717) is 36.6 Å². The number of ether oxygens (including phenoxy) is 1. The molecule has 0 aliphatic rings. The van der Waals surface area contributed by atoms with Crippen molar-refractivity contribution in [1.29, 1.82) is 0 Å². The number of nitrogens with two attached hydrogens (primary N) is 1. The number of anilines is 1. The zero-order valence-corrected chi connectivity index (χ0v) is 15.2. The van der Waals surface area contributed by atoms with E-state index in [9.17, 15) is 8.96 Å². The van der Waals surface area contributed by atoms with Crippen LogP contribution < -0.4 is 10.5 Å². The molecular weight excluding hydrogens is 376 g/mol. The predicted octanol–water partition coefficient (Wildman–Crippen LogP) is 2.08. The third-order valence-electron chi connectivity index (χ3n) is 3.87. The van der Waals surface area contributed by atoms with E-state index >= 15 is 0 Å². The summed E-state index contributed by atoms with van der Waals surface area (Å²) in [6.45, 7) is 0.957. The van der Waals surface area contributed by atoms with Crippen molar-refractivity contribution < 1.29 is 23.5 Å². The number of imidazole rings is 1. The number of aromatic nitrogens is 4. The third-order valence-corrected chi connectivity index (χ3v) is 4.64. The average Bonchev–Trinajstić information content (AvgIpc) is 2.99. The third kappa shape index (κ3) is 5.00. The van der Waals surface area contributed by atoms with Gasteiger partial charge in [-0.05, 0) is 30.5 Å². The second-order valence-electron chi connectivity index (χ2n) is 6.01. The summed E-state index contributed by atoms with van der Waals surface area (Å²) in [5, 5.41) is 0. The fraction of sp³-hybridized carbons (Fsp3) is 0.312. The zero-order chi connectivity index (χ0) is 19.4. The number of aryl methyl sites for hydroxylation is 1. The summed E-state index contributed by atoms with van der Waals surface area (Å²) >= 11 is 0. The monoisotopic (exact) mass is 395 g/mol. The number of nitrogens with zero attached hydrogens (tertiary/aromatic N) is 4. The van der Waals surface area contributed by atoms with Crippen LogP contribution in [0.5, 0.6) is 5.75 Å². The first-order valence-corrected chi connectivity index (χ1v) is 10.0. The molecule has 0 bridgehead atoms. The van der Waals surface area contributed by atoms with Crippen LogP contribution in [0.4, 0.5) is 10.2 Å². The highest BCUT2D eigenvalue weighted by molar-refractivity contribution is 7.50. The summed E-state index contributed by atoms with van der Waals surface area (Å²) in [6.07, 6.45) is 3.96. The Morgan fingerprint density at radius 2 is 2.04 bits per heavy atom. The van der Waals surface area contributed by atoms with Crippen LogP contribution in [-0.2, 0) is 17.3 Å². The quantitative estimate of drug-likeness (QED) is 0.390. The highest BCUT2D eigenvalue weighted by Crippen LogP contribution is 2.39. The molecule has 0 saturated carbocycles. The molecule has 0 unspecified atom stereocenters. The van der Waals surface area contributed by atoms with Crippen LogP contribution in [0, 0.1) is 5.82 Å². The van der Waals surface area contributed by atoms with Gasteiger partial charge in [0, 0.05) is 6.54 Å². The number of nitrogen functional groups attached to an aromatic ring is 1. The molecule has 1 aromatic carbocycles. The highest BCUT2D eigenvalue weighted by Gasteiger charge is 2.15. The Morgan fingerprint density at radius 3 is 2.78 bits per heavy atom. The Balaban J connectivity index is 1.49. The summed E-state index contributed by atoms with van der Waals surface area (Å²) < 4.78 is 32.2. The summed E-state index contributed by atoms with van der Waals surface area (Å²) in [6, 6.07) is 3.90. The van der Waals surface area contributed by atoms with E-state index in [0.717, 1.165) is 12.5 Å². The molecule has 0 atom stereocenters. The molecule has 0 aliphatic heterocycles. The van der Waals surface area contributed by atoms with Crippen molar-refractivity contribution in [2.24, 2.45) is 0 Å². The van der Waals surface area contributed by atoms with Crippen molar-refractivity contribution >= 4 is 24.6 Å². The first-order valence-electron chi connectivity index (χ1n) is 8.20. The Bertz CT molecular complexity index is 990. The van der Waals surface area contributed by atoms with Crippen LogP contribution in [0.3, 0.4) is 0 Å². The van der Waals surface area contributed by atoms with Crippen LogP contribution in [0.15, 0.2) is 30.9 Å². The Labute approximate surface area is 154 Å². The van der Waals surface area contributed by atoms with Gasteiger partial charge in [0.2, 0.25) is 0 Å². The Kier molecular flexibility index (Phi) is 5.69. The lowest BCUT2D eigenvalue weighted by Gasteiger charge is -2.10. The van der Waals surface area contributed by atoms with Crippen molar-refractivity contribution in [3.05, 3.63) is 42.2 Å². The molecule has 0 fully saturated rings. The fourth-order valence-electron chi connectivity index (χ4n) is 2.63. The maximum absolute atomic E-state index is 14.0. The van der Waals surface area contributed by atoms with Crippen molar-refractivity contribution in [3.63, 3.8) is 0 Å². The smallest absolute Gasteiger partial charge is 0.329 e. The Morgan fingerprint density at radius 1 is 1.22 bits per heavy atom. The molecular formula is C16H19FN5O4P. The molecule has 3 rings (SSSR count). The summed E-state index contributed by atoms with van der Waals surface area (Å²) in [5.41, 5.74) is 7.19. The van der Waals surface area contributed by atoms with Crippen molar-refractivity contribution in [3.8, 4) is 5.75 Å². The van der Waals surface area contributed by atoms with Crippen molar-refractivity contribution in [2.45, 2.75) is 25.5 Å². The molecule has 9 nitrogen and oxygen atoms in total. The van der Waals surface area contributed by atoms with E-state index in [1.165, 1.54) is 18.5 Å². The number of hydrogen-bond acceptors (Lipinski definition) is 6. The standard InChI is InChI=1S/C16H19FN5O4P/c17-12-7-11(8-27(23,24)25)3-4-13(12)26-6-2-1-5-22-10-21-14-15(18)19-9-20-16(14)22/h3-4,7,9-10H,1-2,5-6,8H2,(H2,18,19,20)(H2,23,24,25). The minimum Gasteiger partial charge on any atom is -0.491 e. The minimum atomic E-state index is -4.23. The number of hydrogen-bond donors (Lipinski definition) is 3. The van der Waals surface area contributed by atoms with Crippen LogP contribution in [-0.4, -0.2) is 35.9 Å². The largest absolute Gasteiger partial charge is 0.491 e. The zero-order valence-electron chi connectivity index (χ0n) is 14.3. The summed E-state index contributed by atoms with van der Waals surface area (Å²) in [4.78, 5) is 30.1. The van der Waals surface area contributed by atoms with Gasteiger partial charge in [-0.1, -0.05) is 6.07 Å². The fourth-order valence-corrected chi connectivity index (χ4v) is 3.30. The van der Waals surface area contributed by atoms with Crippen LogP contribution in [0.2, 0.25) is 0 Å². The number of fused-ring (bicyclic) bond motifs is 1. The van der Waals surface area contributed by atoms with Gasteiger partial charge in [-0.25, -0.2) is 19.3 Å². The van der Waals surface area contributed by atoms with Crippen LogP contribution >= 0.6 is 7.60 Å². The molecule has 3 aromatic rings. The maximum Gasteiger partial charge on any atom is 0.329 e. The molecule has 144 valence electrons. The van der Waals surface area contributed by atoms with Gasteiger partial charge in [0.15, 0.2) is 23.0 Å². The Hall–Kier alpha value is -2.55. The molecule has 0 saturated heterocycles. The first kappa shape index (κ1) is 19.2. The second-order valence-corrected chi connectivity index (χ2v) is 7.66. The molecule has 0 aliphatic carbocycles. The van der Waals surface area contributed by atoms with Gasteiger partial charge in [-0.3, -0.25) is 4.57 Å². The van der Waals surface area contributed by atoms with E-state index < -0.39 is 19.6 Å². The van der Waals surface area contributed by atoms with E-state index in [1.54, 1.807) is 6.33 Å². The van der Waals surface area contributed by atoms with Crippen LogP contribution in [0.1, 0.15) is 18.4 Å². The molecule has 11 heteroatoms. The normalized spacial score (nSPS) is 11.8. The van der Waals surface area contributed by atoms with Gasteiger partial charge in [-0.2, -0.15) is 0 Å². The van der Waals surface area contributed by atoms with Gasteiger partial charge in [-0.15, -0.1) is 0 Å². The molecule has 0 amide bonds. The SMILES string of the molecule is Nc1ncnc2c1ncn2CCCCOc1ccc(CP(=O)(O)O)cc1F. The van der Waals surface area contributed by atoms with E-state index in [1.807, 2.05) is 4.57 Å². The molecule has 0 spiro atoms. The second kappa shape index (κ2) is 7.99. The lowest BCUT2D eigenvalue weighted by atomic mass is 10.2. The van der Waals surface area contributed by atoms with E-state index in [4.69, 9.17) is 20.3 Å². The lowest BCUT2D eigenvalue weighted by molar-refractivity contribution is 0.289. The number of halogens is 1. The number of unbranched alkanes of at least 4 members (excludes halogenated alkanes) is 1. The van der Waals surface area contributed by atoms with Gasteiger partial charge in [0.1, 0.15) is 11.8 Å². The van der Waals surface area contributed by atoms with Crippen molar-refractivity contribution in [2.75, 3.05) is 12.3 Å². The maximum atomic E-state index is 14.0. The lowest BCUT2D eigenvalue weighted by Crippen LogP contribution is -2.04. The van der Waals surface area contributed by atoms with Crippen molar-refractivity contribution in [1.82, 2.24) is 19.5 Å². The highest BCUT2D eigenvalue weighted by atomic mass is 31.2. The molecule has 4 N–H and O–H groups in total. The van der Waals surface area contributed by atoms with E-state index in [-0.39, 0.29) is 11.3 Å². The minimum absolute atomic E-state index is 0.0538.